The summed E-state index contributed by atoms with van der Waals surface area (Å²) in [6.07, 6.45) is 6.25. The maximum atomic E-state index is 6.82. The molecule has 4 unspecified atom stereocenters. The van der Waals surface area contributed by atoms with Gasteiger partial charge in [-0.1, -0.05) is 42.3 Å². The molecule has 1 aliphatic carbocycles. The second-order valence-corrected chi connectivity index (χ2v) is 9.42. The fourth-order valence-electron chi connectivity index (χ4n) is 4.01. The summed E-state index contributed by atoms with van der Waals surface area (Å²) in [5, 5.41) is 5.22. The summed E-state index contributed by atoms with van der Waals surface area (Å²) in [6, 6.07) is 9.00. The Morgan fingerprint density at radius 3 is 2.54 bits per heavy atom. The number of rotatable bonds is 6. The van der Waals surface area contributed by atoms with E-state index in [1.54, 1.807) is 0 Å². The van der Waals surface area contributed by atoms with Crippen molar-refractivity contribution in [2.24, 2.45) is 5.92 Å². The summed E-state index contributed by atoms with van der Waals surface area (Å²) in [6.45, 7) is 5.11. The van der Waals surface area contributed by atoms with E-state index in [1.165, 1.54) is 11.3 Å². The number of hydrogen-bond donors (Lipinski definition) is 1. The molecule has 0 radical (unpaired) electrons. The highest BCUT2D eigenvalue weighted by molar-refractivity contribution is 6.32. The number of nitrogens with one attached hydrogen (secondary N) is 1. The number of likely N-dealkylation sites (tertiary alicyclic amines) is 1. The van der Waals surface area contributed by atoms with Gasteiger partial charge < -0.3 is 15.1 Å². The monoisotopic (exact) mass is 441 g/mol. The second-order valence-electron chi connectivity index (χ2n) is 8.07. The van der Waals surface area contributed by atoms with Crippen LogP contribution in [0.25, 0.3) is 0 Å². The number of likely N-dealkylation sites (N-methyl/N-ethyl adjacent to an activating group) is 1. The van der Waals surface area contributed by atoms with Crippen LogP contribution in [0.15, 0.2) is 47.1 Å². The van der Waals surface area contributed by atoms with E-state index in [4.69, 9.17) is 34.8 Å². The van der Waals surface area contributed by atoms with Crippen molar-refractivity contribution in [3.63, 3.8) is 0 Å². The molecule has 1 fully saturated rings. The first kappa shape index (κ1) is 22.0. The zero-order chi connectivity index (χ0) is 20.3. The Balaban J connectivity index is 1.82. The van der Waals surface area contributed by atoms with Gasteiger partial charge in [0.15, 0.2) is 0 Å². The van der Waals surface area contributed by atoms with Gasteiger partial charge in [-0.2, -0.15) is 0 Å². The Bertz CT molecular complexity index is 714. The molecule has 0 saturated carbocycles. The predicted molar refractivity (Wildman–Crippen MR) is 121 cm³/mol. The lowest BCUT2D eigenvalue weighted by Gasteiger charge is -2.45. The number of allylic oxidation sites excluding steroid dienone is 4. The molecule has 1 heterocycles. The van der Waals surface area contributed by atoms with Crippen LogP contribution in [-0.4, -0.2) is 54.9 Å². The molecular formula is C22H30Cl3N3. The standard InChI is InChI=1S/C22H30Cl3N3/c1-15-19(24)8-9-20(22(15)25)28-12-10-18(26-11-13-27(2)3)14-21(28)16-4-6-17(23)7-5-16/h4-9,15,18,21-22,26H,10-14H2,1-3H3. The van der Waals surface area contributed by atoms with E-state index in [0.29, 0.717) is 6.04 Å². The van der Waals surface area contributed by atoms with Crippen molar-refractivity contribution in [1.82, 2.24) is 15.1 Å². The van der Waals surface area contributed by atoms with Crippen molar-refractivity contribution in [1.29, 1.82) is 0 Å². The molecule has 6 heteroatoms. The van der Waals surface area contributed by atoms with Gasteiger partial charge in [-0.3, -0.25) is 0 Å². The first-order valence-electron chi connectivity index (χ1n) is 9.98. The molecule has 0 bridgehead atoms. The molecule has 0 amide bonds. The predicted octanol–water partition coefficient (Wildman–Crippen LogP) is 5.26. The third-order valence-corrected chi connectivity index (χ3v) is 7.07. The minimum atomic E-state index is -0.106. The second kappa shape index (κ2) is 9.86. The van der Waals surface area contributed by atoms with Gasteiger partial charge in [-0.25, -0.2) is 0 Å². The molecule has 1 aromatic rings. The summed E-state index contributed by atoms with van der Waals surface area (Å²) in [5.74, 6) is 0.130. The fourth-order valence-corrected chi connectivity index (χ4v) is 4.73. The lowest BCUT2D eigenvalue weighted by atomic mass is 9.88. The highest BCUT2D eigenvalue weighted by Gasteiger charge is 2.35. The van der Waals surface area contributed by atoms with Crippen LogP contribution in [0.1, 0.15) is 31.4 Å². The zero-order valence-electron chi connectivity index (χ0n) is 16.8. The molecule has 4 atom stereocenters. The van der Waals surface area contributed by atoms with Gasteiger partial charge in [0.05, 0.1) is 11.4 Å². The molecule has 1 N–H and O–H groups in total. The summed E-state index contributed by atoms with van der Waals surface area (Å²) >= 11 is 19.3. The van der Waals surface area contributed by atoms with E-state index in [2.05, 4.69) is 54.3 Å². The van der Waals surface area contributed by atoms with Crippen molar-refractivity contribution in [3.8, 4) is 0 Å². The van der Waals surface area contributed by atoms with E-state index in [9.17, 15) is 0 Å². The molecule has 3 rings (SSSR count). The van der Waals surface area contributed by atoms with Gasteiger partial charge in [-0.05, 0) is 56.8 Å². The molecule has 1 saturated heterocycles. The average molecular weight is 443 g/mol. The van der Waals surface area contributed by atoms with Crippen molar-refractivity contribution in [2.75, 3.05) is 33.7 Å². The van der Waals surface area contributed by atoms with Crippen molar-refractivity contribution in [3.05, 3.63) is 57.7 Å². The SMILES string of the molecule is CC1C(Cl)=CC=C(N2CCC(NCCN(C)C)CC2c2ccc(Cl)cc2)C1Cl. The smallest absolute Gasteiger partial charge is 0.0808 e. The number of halogens is 3. The Labute approximate surface area is 184 Å². The molecule has 3 nitrogen and oxygen atoms in total. The highest BCUT2D eigenvalue weighted by atomic mass is 35.5. The van der Waals surface area contributed by atoms with Gasteiger partial charge in [0, 0.05) is 47.3 Å². The lowest BCUT2D eigenvalue weighted by Crippen LogP contribution is -2.47. The summed E-state index contributed by atoms with van der Waals surface area (Å²) in [5.41, 5.74) is 2.45. The third kappa shape index (κ3) is 5.25. The van der Waals surface area contributed by atoms with Crippen molar-refractivity contribution < 1.29 is 0 Å². The molecule has 1 aliphatic heterocycles. The zero-order valence-corrected chi connectivity index (χ0v) is 19.1. The van der Waals surface area contributed by atoms with Crippen LogP contribution in [0.2, 0.25) is 5.02 Å². The number of hydrogen-bond acceptors (Lipinski definition) is 3. The van der Waals surface area contributed by atoms with Crippen LogP contribution in [0.5, 0.6) is 0 Å². The van der Waals surface area contributed by atoms with Crippen molar-refractivity contribution >= 4 is 34.8 Å². The number of nitrogens with zero attached hydrogens (tertiary/aromatic N) is 2. The van der Waals surface area contributed by atoms with Crippen LogP contribution in [0.4, 0.5) is 0 Å². The number of piperidine rings is 1. The fraction of sp³-hybridized carbons (Fsp3) is 0.545. The van der Waals surface area contributed by atoms with Crippen LogP contribution < -0.4 is 5.32 Å². The molecule has 1 aromatic carbocycles. The van der Waals surface area contributed by atoms with Crippen LogP contribution in [-0.2, 0) is 0 Å². The normalized spacial score (nSPS) is 28.3. The minimum absolute atomic E-state index is 0.106. The van der Waals surface area contributed by atoms with E-state index < -0.39 is 0 Å². The summed E-state index contributed by atoms with van der Waals surface area (Å²) < 4.78 is 0. The molecule has 2 aliphatic rings. The number of alkyl halides is 1. The van der Waals surface area contributed by atoms with E-state index >= 15 is 0 Å². The van der Waals surface area contributed by atoms with Crippen LogP contribution >= 0.6 is 34.8 Å². The Hall–Kier alpha value is -0.710. The topological polar surface area (TPSA) is 18.5 Å². The van der Waals surface area contributed by atoms with Gasteiger partial charge in [0.1, 0.15) is 0 Å². The van der Waals surface area contributed by atoms with Crippen LogP contribution in [0.3, 0.4) is 0 Å². The molecule has 0 spiro atoms. The van der Waals surface area contributed by atoms with E-state index in [0.717, 1.165) is 42.5 Å². The lowest BCUT2D eigenvalue weighted by molar-refractivity contribution is 0.156. The Morgan fingerprint density at radius 2 is 1.86 bits per heavy atom. The number of benzene rings is 1. The van der Waals surface area contributed by atoms with Crippen LogP contribution in [0, 0.1) is 5.92 Å². The highest BCUT2D eigenvalue weighted by Crippen LogP contribution is 2.41. The van der Waals surface area contributed by atoms with E-state index in [1.807, 2.05) is 18.2 Å². The molecule has 154 valence electrons. The Kier molecular flexibility index (Phi) is 7.74. The first-order valence-corrected chi connectivity index (χ1v) is 11.2. The quantitative estimate of drug-likeness (QED) is 0.606. The van der Waals surface area contributed by atoms with E-state index in [-0.39, 0.29) is 17.3 Å². The first-order chi connectivity index (χ1) is 13.4. The average Bonchev–Trinajstić information content (AvgIpc) is 2.67. The minimum Gasteiger partial charge on any atom is -0.366 e. The molecular weight excluding hydrogens is 413 g/mol. The summed E-state index contributed by atoms with van der Waals surface area (Å²) in [7, 11) is 4.22. The maximum Gasteiger partial charge on any atom is 0.0808 e. The van der Waals surface area contributed by atoms with Gasteiger partial charge >= 0.3 is 0 Å². The van der Waals surface area contributed by atoms with Gasteiger partial charge in [0.2, 0.25) is 0 Å². The Morgan fingerprint density at radius 1 is 1.14 bits per heavy atom. The maximum absolute atomic E-state index is 6.82. The van der Waals surface area contributed by atoms with Gasteiger partial charge in [0.25, 0.3) is 0 Å². The van der Waals surface area contributed by atoms with Crippen molar-refractivity contribution in [2.45, 2.75) is 37.2 Å². The summed E-state index contributed by atoms with van der Waals surface area (Å²) in [4.78, 5) is 4.68. The molecule has 0 aromatic heterocycles. The van der Waals surface area contributed by atoms with Gasteiger partial charge in [-0.15, -0.1) is 11.6 Å². The third-order valence-electron chi connectivity index (χ3n) is 5.75. The largest absolute Gasteiger partial charge is 0.366 e. The molecule has 28 heavy (non-hydrogen) atoms.